The number of nitrogens with two attached hydrogens (primary N) is 1. The van der Waals surface area contributed by atoms with E-state index in [2.05, 4.69) is 22.1 Å². The molecule has 88 heavy (non-hydrogen) atoms. The van der Waals surface area contributed by atoms with Crippen LogP contribution in [0.15, 0.2) is 65.3 Å². The number of carbonyl (C=O) groups is 8. The van der Waals surface area contributed by atoms with Gasteiger partial charge >= 0.3 is 23.9 Å². The van der Waals surface area contributed by atoms with Crippen molar-refractivity contribution in [3.63, 3.8) is 0 Å². The molecule has 2 aromatic rings. The van der Waals surface area contributed by atoms with Crippen LogP contribution in [0.3, 0.4) is 0 Å². The zero-order valence-corrected chi connectivity index (χ0v) is 53.0. The standard InChI is InChI=1S/C63H97N11O14/c1-10-46-22-23-63(62(85)86,45(4)37-46)67-60(83)49(64)39-51(59-52(87-8)17-14-18-53(59)88-9)66-50-21-20-47(38-48(50)44(2)3)61(84)70(7)28-16-26-68(5)25-15-27-69(6)55(76)19-12-11-13-24-65-54(75)40-71-29-31-72(41-56(77)78)33-35-74(43-58(81)82)36-34-73(32-30-71)42-57(79)80/h14,17-18,20-21,38-39,44,46H,4,10-13,15-16,19,22-37,40-43,64H2,1-3,5-9H3,(H,65,75)(H,67,83)(H,77,78)(H,79,80)(H,81,82)(H,85,86). The summed E-state index contributed by atoms with van der Waals surface area (Å²) in [5, 5.41) is 44.5. The van der Waals surface area contributed by atoms with Crippen LogP contribution in [-0.2, 0) is 33.6 Å². The number of aliphatic carboxylic acids is 4. The van der Waals surface area contributed by atoms with E-state index in [1.807, 2.05) is 38.8 Å². The number of methoxy groups -OCH3 is 2. The Balaban J connectivity index is 1.25. The highest BCUT2D eigenvalue weighted by Gasteiger charge is 2.46. The van der Waals surface area contributed by atoms with Crippen molar-refractivity contribution in [2.45, 2.75) is 96.4 Å². The summed E-state index contributed by atoms with van der Waals surface area (Å²) in [4.78, 5) is 119. The SMILES string of the molecule is C=C1CC(CC)CCC1(NC(=O)C(N)=CC(=Nc1ccc(C(=O)N(C)CCCN(C)CCCN(C)C(=O)CCCCCNC(=O)CN2CCN(CC(=O)O)CCN(CC(=O)O)CCN(CC(=O)O)CC2)cc1C(C)C)c1c(OC)cccc1OC)C(=O)O. The number of aliphatic imine (C=N–C) groups is 1. The van der Waals surface area contributed by atoms with Crippen molar-refractivity contribution < 1.29 is 68.3 Å². The van der Waals surface area contributed by atoms with Crippen LogP contribution in [0.2, 0.25) is 0 Å². The maximum absolute atomic E-state index is 13.9. The molecule has 2 aromatic carbocycles. The van der Waals surface area contributed by atoms with Gasteiger partial charge in [0.25, 0.3) is 11.8 Å². The number of nitrogens with one attached hydrogen (secondary N) is 2. The normalized spacial score (nSPS) is 18.0. The minimum Gasteiger partial charge on any atom is -0.496 e. The Kier molecular flexibility index (Phi) is 30.5. The molecule has 4 amide bonds. The summed E-state index contributed by atoms with van der Waals surface area (Å²) in [6, 6.07) is 10.5. The molecule has 25 heteroatoms. The zero-order chi connectivity index (χ0) is 65.1. The molecule has 2 aliphatic rings. The quantitative estimate of drug-likeness (QED) is 0.0231. The fourth-order valence-electron chi connectivity index (χ4n) is 10.9. The van der Waals surface area contributed by atoms with Gasteiger partial charge in [0.2, 0.25) is 11.8 Å². The monoisotopic (exact) mass is 1230 g/mol. The molecule has 0 bridgehead atoms. The highest BCUT2D eigenvalue weighted by molar-refractivity contribution is 6.16. The largest absolute Gasteiger partial charge is 0.496 e. The number of ether oxygens (including phenoxy) is 2. The molecule has 1 heterocycles. The third-order valence-electron chi connectivity index (χ3n) is 16.3. The van der Waals surface area contributed by atoms with Gasteiger partial charge in [-0.25, -0.2) is 9.79 Å². The maximum atomic E-state index is 13.9. The Morgan fingerprint density at radius 3 is 1.74 bits per heavy atom. The number of nitrogens with zero attached hydrogens (tertiary/aromatic N) is 8. The van der Waals surface area contributed by atoms with Crippen molar-refractivity contribution in [3.05, 3.63) is 77.0 Å². The lowest BCUT2D eigenvalue weighted by atomic mass is 9.72. The van der Waals surface area contributed by atoms with Crippen LogP contribution in [0.1, 0.15) is 112 Å². The molecule has 488 valence electrons. The van der Waals surface area contributed by atoms with Gasteiger partial charge in [0.05, 0.1) is 63.1 Å². The fourth-order valence-corrected chi connectivity index (χ4v) is 10.9. The molecule has 2 unspecified atom stereocenters. The number of hydrogen-bond donors (Lipinski definition) is 7. The van der Waals surface area contributed by atoms with Crippen LogP contribution in [0.5, 0.6) is 11.5 Å². The number of carbonyl (C=O) groups excluding carboxylic acids is 4. The summed E-state index contributed by atoms with van der Waals surface area (Å²) in [6.07, 6.45) is 7.36. The van der Waals surface area contributed by atoms with Gasteiger partial charge in [-0.2, -0.15) is 0 Å². The number of amides is 4. The van der Waals surface area contributed by atoms with E-state index < -0.39 is 35.3 Å². The van der Waals surface area contributed by atoms with Gasteiger partial charge in [-0.3, -0.25) is 53.2 Å². The van der Waals surface area contributed by atoms with Gasteiger partial charge in [0, 0.05) is 98.1 Å². The Hall–Kier alpha value is -7.45. The highest BCUT2D eigenvalue weighted by Crippen LogP contribution is 2.38. The minimum atomic E-state index is -1.68. The first kappa shape index (κ1) is 73.0. The third kappa shape index (κ3) is 23.6. The Morgan fingerprint density at radius 2 is 1.26 bits per heavy atom. The summed E-state index contributed by atoms with van der Waals surface area (Å²) in [5.74, 6) is -4.52. The summed E-state index contributed by atoms with van der Waals surface area (Å²) in [5.41, 5.74) is 7.26. The molecular formula is C63H97N11O14. The Bertz CT molecular complexity index is 2720. The van der Waals surface area contributed by atoms with Gasteiger partial charge in [0.15, 0.2) is 5.54 Å². The van der Waals surface area contributed by atoms with E-state index in [4.69, 9.17) is 20.2 Å². The number of hydrogen-bond acceptors (Lipinski definition) is 17. The van der Waals surface area contributed by atoms with Gasteiger partial charge < -0.3 is 61.0 Å². The highest BCUT2D eigenvalue weighted by atomic mass is 16.5. The molecule has 0 spiro atoms. The third-order valence-corrected chi connectivity index (χ3v) is 16.3. The van der Waals surface area contributed by atoms with E-state index in [-0.39, 0.29) is 99.7 Å². The van der Waals surface area contributed by atoms with Gasteiger partial charge in [-0.15, -0.1) is 0 Å². The Labute approximate surface area is 518 Å². The number of unbranched alkanes of at least 4 members (excludes halogenated alkanes) is 2. The predicted octanol–water partition coefficient (Wildman–Crippen LogP) is 3.89. The van der Waals surface area contributed by atoms with Crippen molar-refractivity contribution in [1.29, 1.82) is 0 Å². The van der Waals surface area contributed by atoms with Gasteiger partial charge in [-0.05, 0) is 124 Å². The van der Waals surface area contributed by atoms with Crippen molar-refractivity contribution in [3.8, 4) is 11.5 Å². The van der Waals surface area contributed by atoms with Crippen molar-refractivity contribution in [2.75, 3.05) is 147 Å². The average molecular weight is 1230 g/mol. The number of allylic oxidation sites excluding steroid dienone is 1. The zero-order valence-electron chi connectivity index (χ0n) is 53.0. The van der Waals surface area contributed by atoms with Crippen LogP contribution in [0.25, 0.3) is 0 Å². The van der Waals surface area contributed by atoms with E-state index in [9.17, 15) is 58.8 Å². The fraction of sp³-hybridized carbons (Fsp3) is 0.603. The summed E-state index contributed by atoms with van der Waals surface area (Å²) in [6.45, 7) is 14.7. The van der Waals surface area contributed by atoms with Crippen LogP contribution in [0, 0.1) is 5.92 Å². The topological polar surface area (TPSA) is 321 Å². The van der Waals surface area contributed by atoms with Crippen LogP contribution in [0.4, 0.5) is 5.69 Å². The molecule has 25 nitrogen and oxygen atoms in total. The first-order valence-electron chi connectivity index (χ1n) is 30.5. The molecule has 4 rings (SSSR count). The predicted molar refractivity (Wildman–Crippen MR) is 335 cm³/mol. The molecule has 1 saturated carbocycles. The van der Waals surface area contributed by atoms with Gasteiger partial charge in [0.1, 0.15) is 11.5 Å². The lowest BCUT2D eigenvalue weighted by Crippen LogP contribution is -2.58. The van der Waals surface area contributed by atoms with E-state index in [0.717, 1.165) is 37.9 Å². The summed E-state index contributed by atoms with van der Waals surface area (Å²) in [7, 11) is 8.55. The number of carboxylic acid groups (broad SMARTS) is 4. The second kappa shape index (κ2) is 36.8. The second-order valence-corrected chi connectivity index (χ2v) is 23.3. The molecule has 0 radical (unpaired) electrons. The van der Waals surface area contributed by atoms with E-state index >= 15 is 0 Å². The van der Waals surface area contributed by atoms with Crippen molar-refractivity contribution in [1.82, 2.24) is 44.9 Å². The van der Waals surface area contributed by atoms with E-state index in [1.165, 1.54) is 20.3 Å². The van der Waals surface area contributed by atoms with Gasteiger partial charge in [-0.1, -0.05) is 46.3 Å². The molecule has 8 N–H and O–H groups in total. The first-order valence-corrected chi connectivity index (χ1v) is 30.5. The van der Waals surface area contributed by atoms with Crippen LogP contribution < -0.4 is 25.8 Å². The van der Waals surface area contributed by atoms with Crippen LogP contribution >= 0.6 is 0 Å². The Morgan fingerprint density at radius 1 is 0.739 bits per heavy atom. The average Bonchev–Trinajstić information content (AvgIpc) is 3.18. The first-order chi connectivity index (χ1) is 41.8. The minimum absolute atomic E-state index is 0.0304. The maximum Gasteiger partial charge on any atom is 0.333 e. The van der Waals surface area contributed by atoms with E-state index in [1.54, 1.807) is 68.9 Å². The molecule has 2 fully saturated rings. The lowest BCUT2D eigenvalue weighted by molar-refractivity contribution is -0.146. The van der Waals surface area contributed by atoms with E-state index in [0.29, 0.717) is 118 Å². The lowest BCUT2D eigenvalue weighted by Gasteiger charge is -2.39. The molecule has 1 aliphatic heterocycles. The van der Waals surface area contributed by atoms with Crippen LogP contribution in [-0.4, -0.2) is 260 Å². The number of carboxylic acids is 4. The molecular weight excluding hydrogens is 1130 g/mol. The molecule has 1 saturated heterocycles. The molecule has 1 aliphatic carbocycles. The molecule has 2 atom stereocenters. The van der Waals surface area contributed by atoms with Crippen molar-refractivity contribution >= 4 is 58.9 Å². The molecule has 0 aromatic heterocycles. The summed E-state index contributed by atoms with van der Waals surface area (Å²) >= 11 is 0. The smallest absolute Gasteiger partial charge is 0.333 e. The number of rotatable bonds is 33. The number of benzene rings is 2. The summed E-state index contributed by atoms with van der Waals surface area (Å²) < 4.78 is 11.5. The van der Waals surface area contributed by atoms with Crippen molar-refractivity contribution in [2.24, 2.45) is 16.6 Å². The second-order valence-electron chi connectivity index (χ2n) is 23.3.